The van der Waals surface area contributed by atoms with Gasteiger partial charge in [0.1, 0.15) is 24.0 Å². The van der Waals surface area contributed by atoms with Gasteiger partial charge in [-0.1, -0.05) is 32.0 Å². The molecule has 1 fully saturated rings. The molecule has 1 aliphatic heterocycles. The van der Waals surface area contributed by atoms with E-state index < -0.39 is 17.7 Å². The van der Waals surface area contributed by atoms with E-state index in [-0.39, 0.29) is 25.0 Å². The Morgan fingerprint density at radius 1 is 1.27 bits per heavy atom. The summed E-state index contributed by atoms with van der Waals surface area (Å²) in [5.41, 5.74) is -0.920. The van der Waals surface area contributed by atoms with Gasteiger partial charge in [-0.15, -0.1) is 0 Å². The highest BCUT2D eigenvalue weighted by atomic mass is 16.5. The number of amides is 3. The SMILES string of the molecule is CC(C)[C@]1(C)NC(=O)N(C[C@H](O)COc2ccccc2)C1=O. The molecular weight excluding hydrogens is 284 g/mol. The van der Waals surface area contributed by atoms with Crippen LogP contribution < -0.4 is 10.1 Å². The summed E-state index contributed by atoms with van der Waals surface area (Å²) in [6.07, 6.45) is -0.940. The fourth-order valence-electron chi connectivity index (χ4n) is 2.25. The number of aliphatic hydroxyl groups excluding tert-OH is 1. The molecule has 1 aromatic rings. The van der Waals surface area contributed by atoms with Gasteiger partial charge in [-0.3, -0.25) is 9.69 Å². The Morgan fingerprint density at radius 2 is 1.91 bits per heavy atom. The van der Waals surface area contributed by atoms with Crippen molar-refractivity contribution in [2.24, 2.45) is 5.92 Å². The summed E-state index contributed by atoms with van der Waals surface area (Å²) >= 11 is 0. The van der Waals surface area contributed by atoms with Crippen LogP contribution in [-0.4, -0.2) is 46.7 Å². The van der Waals surface area contributed by atoms with E-state index in [2.05, 4.69) is 5.32 Å². The molecule has 0 aliphatic carbocycles. The van der Waals surface area contributed by atoms with E-state index >= 15 is 0 Å². The van der Waals surface area contributed by atoms with Gasteiger partial charge in [0.05, 0.1) is 6.54 Å². The topological polar surface area (TPSA) is 78.9 Å². The summed E-state index contributed by atoms with van der Waals surface area (Å²) < 4.78 is 5.43. The summed E-state index contributed by atoms with van der Waals surface area (Å²) in [5.74, 6) is 0.281. The van der Waals surface area contributed by atoms with Crippen LogP contribution in [0.5, 0.6) is 5.75 Å². The Labute approximate surface area is 130 Å². The maximum Gasteiger partial charge on any atom is 0.325 e. The van der Waals surface area contributed by atoms with Crippen LogP contribution in [0.2, 0.25) is 0 Å². The highest BCUT2D eigenvalue weighted by molar-refractivity contribution is 6.06. The Bertz CT molecular complexity index is 546. The van der Waals surface area contributed by atoms with E-state index in [1.165, 1.54) is 0 Å². The molecule has 1 aliphatic rings. The minimum Gasteiger partial charge on any atom is -0.491 e. The molecule has 0 aromatic heterocycles. The molecule has 3 amide bonds. The molecule has 22 heavy (non-hydrogen) atoms. The first-order chi connectivity index (χ1) is 10.3. The van der Waals surface area contributed by atoms with Crippen LogP contribution in [0, 0.1) is 5.92 Å². The van der Waals surface area contributed by atoms with Gasteiger partial charge < -0.3 is 15.2 Å². The number of hydrogen-bond acceptors (Lipinski definition) is 4. The minimum atomic E-state index is -0.940. The van der Waals surface area contributed by atoms with Crippen LogP contribution in [0.15, 0.2) is 30.3 Å². The monoisotopic (exact) mass is 306 g/mol. The van der Waals surface area contributed by atoms with E-state index in [1.807, 2.05) is 32.0 Å². The number of imide groups is 1. The number of rotatable bonds is 6. The summed E-state index contributed by atoms with van der Waals surface area (Å²) in [6, 6.07) is 8.59. The molecular formula is C16H22N2O4. The van der Waals surface area contributed by atoms with E-state index in [0.717, 1.165) is 4.90 Å². The third kappa shape index (κ3) is 3.22. The molecule has 2 atom stereocenters. The number of β-amino-alcohol motifs (C(OH)–C–C–N with tert-alkyl or cyclic N) is 1. The number of ether oxygens (including phenoxy) is 1. The number of carbonyl (C=O) groups excluding carboxylic acids is 2. The van der Waals surface area contributed by atoms with Crippen LogP contribution in [0.4, 0.5) is 4.79 Å². The Morgan fingerprint density at radius 3 is 2.45 bits per heavy atom. The van der Waals surface area contributed by atoms with Crippen LogP contribution in [-0.2, 0) is 4.79 Å². The highest BCUT2D eigenvalue weighted by Gasteiger charge is 2.49. The molecule has 0 spiro atoms. The average Bonchev–Trinajstić information content (AvgIpc) is 2.71. The van der Waals surface area contributed by atoms with Gasteiger partial charge in [-0.05, 0) is 25.0 Å². The van der Waals surface area contributed by atoms with Crippen molar-refractivity contribution in [1.29, 1.82) is 0 Å². The maximum absolute atomic E-state index is 12.4. The van der Waals surface area contributed by atoms with Gasteiger partial charge in [0, 0.05) is 0 Å². The molecule has 0 unspecified atom stereocenters. The molecule has 1 aromatic carbocycles. The number of aliphatic hydroxyl groups is 1. The second-order valence-electron chi connectivity index (χ2n) is 5.98. The van der Waals surface area contributed by atoms with E-state index in [4.69, 9.17) is 4.74 Å². The predicted molar refractivity (Wildman–Crippen MR) is 81.4 cm³/mol. The van der Waals surface area contributed by atoms with Gasteiger partial charge in [-0.2, -0.15) is 0 Å². The first-order valence-electron chi connectivity index (χ1n) is 7.34. The van der Waals surface area contributed by atoms with Crippen LogP contribution >= 0.6 is 0 Å². The number of urea groups is 1. The van der Waals surface area contributed by atoms with Gasteiger partial charge in [-0.25, -0.2) is 4.79 Å². The van der Waals surface area contributed by atoms with Crippen LogP contribution in [0.1, 0.15) is 20.8 Å². The van der Waals surface area contributed by atoms with Crippen molar-refractivity contribution in [3.8, 4) is 5.75 Å². The molecule has 0 saturated carbocycles. The molecule has 6 heteroatoms. The zero-order valence-corrected chi connectivity index (χ0v) is 13.1. The fourth-order valence-corrected chi connectivity index (χ4v) is 2.25. The van der Waals surface area contributed by atoms with Crippen LogP contribution in [0.25, 0.3) is 0 Å². The summed E-state index contributed by atoms with van der Waals surface area (Å²) in [4.78, 5) is 25.4. The molecule has 0 radical (unpaired) electrons. The molecule has 6 nitrogen and oxygen atoms in total. The lowest BCUT2D eigenvalue weighted by Gasteiger charge is -2.26. The fraction of sp³-hybridized carbons (Fsp3) is 0.500. The third-order valence-corrected chi connectivity index (χ3v) is 4.03. The largest absolute Gasteiger partial charge is 0.491 e. The van der Waals surface area contributed by atoms with Crippen molar-refractivity contribution in [2.45, 2.75) is 32.4 Å². The lowest BCUT2D eigenvalue weighted by Crippen LogP contribution is -2.49. The first kappa shape index (κ1) is 16.3. The Kier molecular flexibility index (Phi) is 4.71. The van der Waals surface area contributed by atoms with Crippen molar-refractivity contribution in [3.63, 3.8) is 0 Å². The quantitative estimate of drug-likeness (QED) is 0.779. The van der Waals surface area contributed by atoms with Gasteiger partial charge in [0.15, 0.2) is 0 Å². The zero-order chi connectivity index (χ0) is 16.3. The molecule has 1 saturated heterocycles. The van der Waals surface area contributed by atoms with Gasteiger partial charge >= 0.3 is 6.03 Å². The van der Waals surface area contributed by atoms with Crippen LogP contribution in [0.3, 0.4) is 0 Å². The Balaban J connectivity index is 1.93. The van der Waals surface area contributed by atoms with Gasteiger partial charge in [0.2, 0.25) is 0 Å². The van der Waals surface area contributed by atoms with Crippen molar-refractivity contribution >= 4 is 11.9 Å². The maximum atomic E-state index is 12.4. The average molecular weight is 306 g/mol. The Hall–Kier alpha value is -2.08. The lowest BCUT2D eigenvalue weighted by molar-refractivity contribution is -0.133. The third-order valence-electron chi connectivity index (χ3n) is 4.03. The molecule has 120 valence electrons. The number of nitrogens with zero attached hydrogens (tertiary/aromatic N) is 1. The normalized spacial score (nSPS) is 22.9. The number of nitrogens with one attached hydrogen (secondary N) is 1. The molecule has 0 bridgehead atoms. The molecule has 2 rings (SSSR count). The summed E-state index contributed by atoms with van der Waals surface area (Å²) in [6.45, 7) is 5.37. The summed E-state index contributed by atoms with van der Waals surface area (Å²) in [5, 5.41) is 12.7. The number of para-hydroxylation sites is 1. The zero-order valence-electron chi connectivity index (χ0n) is 13.1. The second kappa shape index (κ2) is 6.36. The van der Waals surface area contributed by atoms with Crippen molar-refractivity contribution in [3.05, 3.63) is 30.3 Å². The van der Waals surface area contributed by atoms with E-state index in [0.29, 0.717) is 5.75 Å². The standard InChI is InChI=1S/C16H22N2O4/c1-11(2)16(3)14(20)18(15(21)17-16)9-12(19)10-22-13-7-5-4-6-8-13/h4-8,11-12,19H,9-10H2,1-3H3,(H,17,21)/t12-,16-/m0/s1. The first-order valence-corrected chi connectivity index (χ1v) is 7.34. The number of benzene rings is 1. The number of hydrogen-bond donors (Lipinski definition) is 2. The minimum absolute atomic E-state index is 0.0134. The molecule has 2 N–H and O–H groups in total. The highest BCUT2D eigenvalue weighted by Crippen LogP contribution is 2.25. The second-order valence-corrected chi connectivity index (χ2v) is 5.98. The van der Waals surface area contributed by atoms with Gasteiger partial charge in [0.25, 0.3) is 5.91 Å². The summed E-state index contributed by atoms with van der Waals surface area (Å²) in [7, 11) is 0. The smallest absolute Gasteiger partial charge is 0.325 e. The van der Waals surface area contributed by atoms with Crippen molar-refractivity contribution in [2.75, 3.05) is 13.2 Å². The molecule has 1 heterocycles. The van der Waals surface area contributed by atoms with Crippen molar-refractivity contribution in [1.82, 2.24) is 10.2 Å². The predicted octanol–water partition coefficient (Wildman–Crippen LogP) is 1.39. The van der Waals surface area contributed by atoms with E-state index in [1.54, 1.807) is 19.1 Å². The van der Waals surface area contributed by atoms with E-state index in [9.17, 15) is 14.7 Å². The van der Waals surface area contributed by atoms with Crippen molar-refractivity contribution < 1.29 is 19.4 Å². The number of carbonyl (C=O) groups is 2. The lowest BCUT2D eigenvalue weighted by atomic mass is 9.88.